The second kappa shape index (κ2) is 9.69. The first-order valence-corrected chi connectivity index (χ1v) is 9.74. The normalized spacial score (nSPS) is 11.4. The van der Waals surface area contributed by atoms with Crippen LogP contribution in [0.15, 0.2) is 84.0 Å². The van der Waals surface area contributed by atoms with Gasteiger partial charge in [-0.25, -0.2) is 5.43 Å². The van der Waals surface area contributed by atoms with E-state index in [1.807, 2.05) is 61.5 Å². The average Bonchev–Trinajstić information content (AvgIpc) is 2.77. The van der Waals surface area contributed by atoms with Gasteiger partial charge >= 0.3 is 0 Å². The summed E-state index contributed by atoms with van der Waals surface area (Å²) >= 11 is 0. The van der Waals surface area contributed by atoms with Crippen LogP contribution < -0.4 is 10.2 Å². The Kier molecular flexibility index (Phi) is 6.80. The van der Waals surface area contributed by atoms with Gasteiger partial charge in [-0.05, 0) is 47.2 Å². The molecule has 0 saturated carbocycles. The molecule has 3 aromatic rings. The molecule has 0 saturated heterocycles. The fourth-order valence-corrected chi connectivity index (χ4v) is 2.88. The molecule has 0 spiro atoms. The molecule has 1 amide bonds. The van der Waals surface area contributed by atoms with Crippen LogP contribution in [0.1, 0.15) is 37.8 Å². The van der Waals surface area contributed by atoms with E-state index >= 15 is 0 Å². The van der Waals surface area contributed by atoms with Crippen molar-refractivity contribution in [2.45, 2.75) is 26.7 Å². The van der Waals surface area contributed by atoms with Crippen LogP contribution in [0.3, 0.4) is 0 Å². The van der Waals surface area contributed by atoms with Gasteiger partial charge in [0.1, 0.15) is 5.75 Å². The fourth-order valence-electron chi connectivity index (χ4n) is 2.88. The van der Waals surface area contributed by atoms with Crippen molar-refractivity contribution in [2.75, 3.05) is 6.61 Å². The van der Waals surface area contributed by atoms with E-state index in [9.17, 15) is 4.79 Å². The van der Waals surface area contributed by atoms with E-state index in [1.165, 1.54) is 11.1 Å². The summed E-state index contributed by atoms with van der Waals surface area (Å²) in [5, 5.41) is 4.18. The molecule has 0 bridgehead atoms. The molecule has 0 aliphatic carbocycles. The molecular formula is C25H26N2O2. The molecule has 0 aliphatic heterocycles. The zero-order valence-electron chi connectivity index (χ0n) is 17.1. The molecule has 3 rings (SSSR count). The zero-order valence-corrected chi connectivity index (χ0v) is 17.1. The van der Waals surface area contributed by atoms with E-state index in [-0.39, 0.29) is 12.5 Å². The molecule has 1 N–H and O–H groups in total. The largest absolute Gasteiger partial charge is 0.484 e. The summed E-state index contributed by atoms with van der Waals surface area (Å²) in [5.41, 5.74) is 7.79. The van der Waals surface area contributed by atoms with Gasteiger partial charge in [0.15, 0.2) is 6.61 Å². The molecule has 0 fully saturated rings. The van der Waals surface area contributed by atoms with Gasteiger partial charge in [0, 0.05) is 0 Å². The van der Waals surface area contributed by atoms with Crippen molar-refractivity contribution in [3.05, 3.63) is 90.0 Å². The van der Waals surface area contributed by atoms with Gasteiger partial charge in [0.2, 0.25) is 0 Å². The van der Waals surface area contributed by atoms with E-state index in [0.29, 0.717) is 11.7 Å². The van der Waals surface area contributed by atoms with Crippen LogP contribution in [0.4, 0.5) is 0 Å². The van der Waals surface area contributed by atoms with E-state index in [1.54, 1.807) is 0 Å². The quantitative estimate of drug-likeness (QED) is 0.437. The van der Waals surface area contributed by atoms with Crippen LogP contribution in [0.5, 0.6) is 5.75 Å². The van der Waals surface area contributed by atoms with Gasteiger partial charge in [0.25, 0.3) is 5.91 Å². The number of hydrazone groups is 1. The zero-order chi connectivity index (χ0) is 20.6. The maximum Gasteiger partial charge on any atom is 0.277 e. The second-order valence-electron chi connectivity index (χ2n) is 7.19. The van der Waals surface area contributed by atoms with E-state index in [4.69, 9.17) is 4.74 Å². The molecule has 29 heavy (non-hydrogen) atoms. The summed E-state index contributed by atoms with van der Waals surface area (Å²) in [7, 11) is 0. The third kappa shape index (κ3) is 5.79. The van der Waals surface area contributed by atoms with Crippen molar-refractivity contribution in [1.29, 1.82) is 0 Å². The van der Waals surface area contributed by atoms with Crippen LogP contribution in [-0.4, -0.2) is 18.2 Å². The molecule has 0 heterocycles. The molecule has 4 nitrogen and oxygen atoms in total. The molecule has 0 atom stereocenters. The lowest BCUT2D eigenvalue weighted by Gasteiger charge is -2.08. The first kappa shape index (κ1) is 20.3. The number of ether oxygens (including phenoxy) is 1. The minimum atomic E-state index is -0.293. The number of hydrogen-bond acceptors (Lipinski definition) is 3. The number of benzene rings is 3. The summed E-state index contributed by atoms with van der Waals surface area (Å²) < 4.78 is 5.52. The number of carbonyl (C=O) groups is 1. The lowest BCUT2D eigenvalue weighted by molar-refractivity contribution is -0.123. The number of nitrogens with one attached hydrogen (secondary N) is 1. The topological polar surface area (TPSA) is 50.7 Å². The van der Waals surface area contributed by atoms with E-state index in [2.05, 4.69) is 48.6 Å². The van der Waals surface area contributed by atoms with E-state index in [0.717, 1.165) is 16.8 Å². The SMILES string of the molecule is C/C(=N\NC(=O)COc1ccc(C(C)C)cc1)c1ccc(-c2ccccc2)cc1. The Labute approximate surface area is 172 Å². The molecule has 4 heteroatoms. The lowest BCUT2D eigenvalue weighted by Crippen LogP contribution is -2.25. The minimum Gasteiger partial charge on any atom is -0.484 e. The second-order valence-corrected chi connectivity index (χ2v) is 7.19. The summed E-state index contributed by atoms with van der Waals surface area (Å²) in [5.74, 6) is 0.839. The van der Waals surface area contributed by atoms with Gasteiger partial charge in [-0.2, -0.15) is 5.10 Å². The molecule has 3 aromatic carbocycles. The van der Waals surface area contributed by atoms with Crippen LogP contribution in [0, 0.1) is 0 Å². The fraction of sp³-hybridized carbons (Fsp3) is 0.200. The minimum absolute atomic E-state index is 0.0786. The Hall–Kier alpha value is -3.40. The van der Waals surface area contributed by atoms with Crippen LogP contribution in [0.2, 0.25) is 0 Å². The molecule has 148 valence electrons. The third-order valence-electron chi connectivity index (χ3n) is 4.67. The Bertz CT molecular complexity index is 960. The number of rotatable bonds is 7. The van der Waals surface area contributed by atoms with Crippen LogP contribution >= 0.6 is 0 Å². The standard InChI is InChI=1S/C25H26N2O2/c1-18(2)20-13-15-24(16-14-20)29-17-25(28)27-26-19(3)21-9-11-23(12-10-21)22-7-5-4-6-8-22/h4-16,18H,17H2,1-3H3,(H,27,28)/b26-19+. The molecule has 0 radical (unpaired) electrons. The van der Waals surface area contributed by atoms with Gasteiger partial charge < -0.3 is 4.74 Å². The predicted molar refractivity (Wildman–Crippen MR) is 118 cm³/mol. The molecule has 0 aromatic heterocycles. The Balaban J connectivity index is 1.53. The van der Waals surface area contributed by atoms with Gasteiger partial charge in [-0.1, -0.05) is 80.6 Å². The highest BCUT2D eigenvalue weighted by Gasteiger charge is 2.05. The van der Waals surface area contributed by atoms with Gasteiger partial charge in [-0.3, -0.25) is 4.79 Å². The molecular weight excluding hydrogens is 360 g/mol. The number of nitrogens with zero attached hydrogens (tertiary/aromatic N) is 1. The van der Waals surface area contributed by atoms with Crippen molar-refractivity contribution < 1.29 is 9.53 Å². The summed E-state index contributed by atoms with van der Waals surface area (Å²) in [6, 6.07) is 26.1. The summed E-state index contributed by atoms with van der Waals surface area (Å²) in [6.07, 6.45) is 0. The maximum atomic E-state index is 12.0. The highest BCUT2D eigenvalue weighted by Crippen LogP contribution is 2.20. The maximum absolute atomic E-state index is 12.0. The highest BCUT2D eigenvalue weighted by atomic mass is 16.5. The summed E-state index contributed by atoms with van der Waals surface area (Å²) in [6.45, 7) is 6.06. The van der Waals surface area contributed by atoms with Crippen LogP contribution in [-0.2, 0) is 4.79 Å². The Morgan fingerprint density at radius 3 is 2.14 bits per heavy atom. The highest BCUT2D eigenvalue weighted by molar-refractivity contribution is 5.99. The monoisotopic (exact) mass is 386 g/mol. The van der Waals surface area contributed by atoms with Crippen molar-refractivity contribution in [3.8, 4) is 16.9 Å². The summed E-state index contributed by atoms with van der Waals surface area (Å²) in [4.78, 5) is 12.0. The first-order chi connectivity index (χ1) is 14.0. The number of amides is 1. The lowest BCUT2D eigenvalue weighted by atomic mass is 10.0. The molecule has 0 aliphatic rings. The van der Waals surface area contributed by atoms with Crippen molar-refractivity contribution in [3.63, 3.8) is 0 Å². The Morgan fingerprint density at radius 1 is 0.897 bits per heavy atom. The smallest absolute Gasteiger partial charge is 0.277 e. The Morgan fingerprint density at radius 2 is 1.52 bits per heavy atom. The van der Waals surface area contributed by atoms with E-state index < -0.39 is 0 Å². The van der Waals surface area contributed by atoms with Crippen molar-refractivity contribution in [2.24, 2.45) is 5.10 Å². The third-order valence-corrected chi connectivity index (χ3v) is 4.67. The van der Waals surface area contributed by atoms with Crippen molar-refractivity contribution in [1.82, 2.24) is 5.43 Å². The average molecular weight is 386 g/mol. The van der Waals surface area contributed by atoms with Crippen LogP contribution in [0.25, 0.3) is 11.1 Å². The van der Waals surface area contributed by atoms with Gasteiger partial charge in [-0.15, -0.1) is 0 Å². The molecule has 0 unspecified atom stereocenters. The van der Waals surface area contributed by atoms with Crippen molar-refractivity contribution >= 4 is 11.6 Å². The number of hydrogen-bond donors (Lipinski definition) is 1. The van der Waals surface area contributed by atoms with Gasteiger partial charge in [0.05, 0.1) is 5.71 Å². The first-order valence-electron chi connectivity index (χ1n) is 9.74. The predicted octanol–water partition coefficient (Wildman–Crippen LogP) is 5.40. The number of carbonyl (C=O) groups excluding carboxylic acids is 1.